The molecule has 0 bridgehead atoms. The Morgan fingerprint density at radius 1 is 1.50 bits per heavy atom. The molecule has 70 valence electrons. The van der Waals surface area contributed by atoms with E-state index in [1.165, 1.54) is 0 Å². The Morgan fingerprint density at radius 3 is 2.83 bits per heavy atom. The third-order valence-electron chi connectivity index (χ3n) is 3.19. The maximum Gasteiger partial charge on any atom is 0.0967 e. The Labute approximate surface area is 73.2 Å². The standard InChI is InChI=1S/C9H17NO2/c1-7-9(4-5-11-7)3-2-8(6-10)12-9/h7-8H,2-6,10H2,1H3/t7-,8-,9+/m0/s1. The molecule has 3 atom stereocenters. The second-order valence-corrected chi connectivity index (χ2v) is 3.84. The van der Waals surface area contributed by atoms with Crippen LogP contribution in [0.5, 0.6) is 0 Å². The lowest BCUT2D eigenvalue weighted by Gasteiger charge is -2.27. The Morgan fingerprint density at radius 2 is 2.33 bits per heavy atom. The summed E-state index contributed by atoms with van der Waals surface area (Å²) in [5, 5.41) is 0. The lowest BCUT2D eigenvalue weighted by Crippen LogP contribution is -2.37. The highest BCUT2D eigenvalue weighted by atomic mass is 16.6. The summed E-state index contributed by atoms with van der Waals surface area (Å²) in [5.41, 5.74) is 5.58. The van der Waals surface area contributed by atoms with Crippen molar-refractivity contribution in [2.75, 3.05) is 13.2 Å². The first kappa shape index (κ1) is 8.48. The van der Waals surface area contributed by atoms with Gasteiger partial charge in [0.15, 0.2) is 0 Å². The molecule has 2 fully saturated rings. The van der Waals surface area contributed by atoms with E-state index in [2.05, 4.69) is 6.92 Å². The first-order valence-electron chi connectivity index (χ1n) is 4.76. The average Bonchev–Trinajstić information content (AvgIpc) is 2.63. The zero-order valence-corrected chi connectivity index (χ0v) is 7.58. The van der Waals surface area contributed by atoms with Crippen LogP contribution in [0.3, 0.4) is 0 Å². The minimum atomic E-state index is 0.0179. The molecule has 3 nitrogen and oxygen atoms in total. The van der Waals surface area contributed by atoms with Crippen LogP contribution in [0.25, 0.3) is 0 Å². The SMILES string of the molecule is C[C@@H]1OCC[C@]12CC[C@@H](CN)O2. The van der Waals surface area contributed by atoms with Crippen LogP contribution in [-0.4, -0.2) is 31.0 Å². The quantitative estimate of drug-likeness (QED) is 0.630. The summed E-state index contributed by atoms with van der Waals surface area (Å²) in [6, 6.07) is 0. The fraction of sp³-hybridized carbons (Fsp3) is 1.00. The summed E-state index contributed by atoms with van der Waals surface area (Å²) in [6.45, 7) is 3.60. The van der Waals surface area contributed by atoms with Gasteiger partial charge in [0.2, 0.25) is 0 Å². The van der Waals surface area contributed by atoms with Gasteiger partial charge >= 0.3 is 0 Å². The van der Waals surface area contributed by atoms with Gasteiger partial charge in [-0.1, -0.05) is 0 Å². The van der Waals surface area contributed by atoms with Crippen molar-refractivity contribution < 1.29 is 9.47 Å². The van der Waals surface area contributed by atoms with Crippen LogP contribution < -0.4 is 5.73 Å². The van der Waals surface area contributed by atoms with E-state index in [-0.39, 0.29) is 17.8 Å². The van der Waals surface area contributed by atoms with Crippen LogP contribution in [0.2, 0.25) is 0 Å². The minimum absolute atomic E-state index is 0.0179. The molecular formula is C9H17NO2. The van der Waals surface area contributed by atoms with Crippen LogP contribution in [0.1, 0.15) is 26.2 Å². The van der Waals surface area contributed by atoms with Gasteiger partial charge in [-0.25, -0.2) is 0 Å². The molecule has 0 aromatic carbocycles. The van der Waals surface area contributed by atoms with Gasteiger partial charge in [-0.3, -0.25) is 0 Å². The van der Waals surface area contributed by atoms with Crippen LogP contribution >= 0.6 is 0 Å². The molecular weight excluding hydrogens is 154 g/mol. The molecule has 2 aliphatic heterocycles. The molecule has 0 radical (unpaired) electrons. The van der Waals surface area contributed by atoms with Crippen LogP contribution in [0, 0.1) is 0 Å². The van der Waals surface area contributed by atoms with E-state index in [0.717, 1.165) is 25.9 Å². The Kier molecular flexibility index (Phi) is 2.10. The maximum atomic E-state index is 5.92. The third kappa shape index (κ3) is 1.16. The summed E-state index contributed by atoms with van der Waals surface area (Å²) < 4.78 is 11.4. The van der Waals surface area contributed by atoms with Gasteiger partial charge in [-0.15, -0.1) is 0 Å². The lowest BCUT2D eigenvalue weighted by molar-refractivity contribution is -0.0753. The lowest BCUT2D eigenvalue weighted by atomic mass is 9.93. The van der Waals surface area contributed by atoms with Gasteiger partial charge in [0.1, 0.15) is 0 Å². The molecule has 12 heavy (non-hydrogen) atoms. The molecule has 0 aromatic rings. The molecule has 0 amide bonds. The van der Waals surface area contributed by atoms with Crippen LogP contribution in [0.15, 0.2) is 0 Å². The van der Waals surface area contributed by atoms with Crippen molar-refractivity contribution in [1.29, 1.82) is 0 Å². The Balaban J connectivity index is 2.04. The van der Waals surface area contributed by atoms with Gasteiger partial charge in [-0.2, -0.15) is 0 Å². The molecule has 0 aliphatic carbocycles. The number of ether oxygens (including phenoxy) is 2. The van der Waals surface area contributed by atoms with Gasteiger partial charge in [-0.05, 0) is 19.8 Å². The fourth-order valence-corrected chi connectivity index (χ4v) is 2.27. The maximum absolute atomic E-state index is 5.92. The highest BCUT2D eigenvalue weighted by Gasteiger charge is 2.47. The monoisotopic (exact) mass is 171 g/mol. The molecule has 1 spiro atoms. The molecule has 2 N–H and O–H groups in total. The smallest absolute Gasteiger partial charge is 0.0967 e. The minimum Gasteiger partial charge on any atom is -0.375 e. The first-order valence-corrected chi connectivity index (χ1v) is 4.76. The fourth-order valence-electron chi connectivity index (χ4n) is 2.27. The molecule has 2 heterocycles. The number of rotatable bonds is 1. The average molecular weight is 171 g/mol. The zero-order valence-electron chi connectivity index (χ0n) is 7.58. The molecule has 2 aliphatic rings. The Bertz CT molecular complexity index is 174. The van der Waals surface area contributed by atoms with Crippen molar-refractivity contribution in [1.82, 2.24) is 0 Å². The molecule has 3 heteroatoms. The van der Waals surface area contributed by atoms with Crippen molar-refractivity contribution in [2.24, 2.45) is 5.73 Å². The zero-order chi connectivity index (χ0) is 8.60. The summed E-state index contributed by atoms with van der Waals surface area (Å²) in [6.07, 6.45) is 3.80. The van der Waals surface area contributed by atoms with Crippen molar-refractivity contribution in [2.45, 2.75) is 44.0 Å². The molecule has 0 unspecified atom stereocenters. The largest absolute Gasteiger partial charge is 0.375 e. The predicted octanol–water partition coefficient (Wildman–Crippen LogP) is 0.672. The van der Waals surface area contributed by atoms with Crippen molar-refractivity contribution in [3.63, 3.8) is 0 Å². The first-order chi connectivity index (χ1) is 5.77. The number of hydrogen-bond donors (Lipinski definition) is 1. The summed E-state index contributed by atoms with van der Waals surface area (Å²) >= 11 is 0. The summed E-state index contributed by atoms with van der Waals surface area (Å²) in [4.78, 5) is 0. The topological polar surface area (TPSA) is 44.5 Å². The van der Waals surface area contributed by atoms with Crippen molar-refractivity contribution in [3.05, 3.63) is 0 Å². The Hall–Kier alpha value is -0.120. The van der Waals surface area contributed by atoms with Gasteiger partial charge in [0, 0.05) is 19.6 Å². The second kappa shape index (κ2) is 2.98. The normalized spacial score (nSPS) is 47.5. The van der Waals surface area contributed by atoms with Gasteiger partial charge in [0.05, 0.1) is 17.8 Å². The molecule has 2 rings (SSSR count). The van der Waals surface area contributed by atoms with E-state index in [1.54, 1.807) is 0 Å². The molecule has 0 aromatic heterocycles. The molecule has 0 saturated carbocycles. The highest BCUT2D eigenvalue weighted by molar-refractivity contribution is 4.97. The van der Waals surface area contributed by atoms with Gasteiger partial charge in [0.25, 0.3) is 0 Å². The van der Waals surface area contributed by atoms with E-state index < -0.39 is 0 Å². The molecule has 2 saturated heterocycles. The summed E-state index contributed by atoms with van der Waals surface area (Å²) in [7, 11) is 0. The van der Waals surface area contributed by atoms with E-state index in [0.29, 0.717) is 6.54 Å². The third-order valence-corrected chi connectivity index (χ3v) is 3.19. The predicted molar refractivity (Wildman–Crippen MR) is 45.9 cm³/mol. The van der Waals surface area contributed by atoms with Crippen molar-refractivity contribution in [3.8, 4) is 0 Å². The summed E-state index contributed by atoms with van der Waals surface area (Å²) in [5.74, 6) is 0. The van der Waals surface area contributed by atoms with Crippen LogP contribution in [-0.2, 0) is 9.47 Å². The van der Waals surface area contributed by atoms with Crippen LogP contribution in [0.4, 0.5) is 0 Å². The van der Waals surface area contributed by atoms with E-state index in [4.69, 9.17) is 15.2 Å². The van der Waals surface area contributed by atoms with E-state index in [1.807, 2.05) is 0 Å². The van der Waals surface area contributed by atoms with E-state index in [9.17, 15) is 0 Å². The second-order valence-electron chi connectivity index (χ2n) is 3.84. The number of nitrogens with two attached hydrogens (primary N) is 1. The van der Waals surface area contributed by atoms with Crippen molar-refractivity contribution >= 4 is 0 Å². The van der Waals surface area contributed by atoms with Gasteiger partial charge < -0.3 is 15.2 Å². The highest BCUT2D eigenvalue weighted by Crippen LogP contribution is 2.40. The van der Waals surface area contributed by atoms with E-state index >= 15 is 0 Å². The number of hydrogen-bond acceptors (Lipinski definition) is 3.